The third-order valence-corrected chi connectivity index (χ3v) is 7.34. The predicted octanol–water partition coefficient (Wildman–Crippen LogP) is 7.73. The monoisotopic (exact) mass is 513 g/mol. The van der Waals surface area contributed by atoms with E-state index in [9.17, 15) is 0 Å². The van der Waals surface area contributed by atoms with E-state index in [0.29, 0.717) is 5.52 Å². The molecule has 0 aliphatic carbocycles. The summed E-state index contributed by atoms with van der Waals surface area (Å²) in [5.41, 5.74) is 3.41. The highest BCUT2D eigenvalue weighted by Gasteiger charge is 2.39. The first-order valence-electron chi connectivity index (χ1n) is 17.4. The lowest BCUT2D eigenvalue weighted by Gasteiger charge is -2.20. The molecule has 3 aromatic heterocycles. The Morgan fingerprint density at radius 3 is 2.00 bits per heavy atom. The van der Waals surface area contributed by atoms with Gasteiger partial charge < -0.3 is 4.57 Å². The second kappa shape index (κ2) is 7.98. The second-order valence-electron chi connectivity index (χ2n) is 9.89. The van der Waals surface area contributed by atoms with E-state index in [4.69, 9.17) is 23.7 Å². The number of rotatable bonds is 3. The minimum absolute atomic E-state index is 0.0226. The lowest BCUT2D eigenvalue weighted by Crippen LogP contribution is -2.17. The van der Waals surface area contributed by atoms with Crippen molar-refractivity contribution in [3.05, 3.63) is 126 Å². The summed E-state index contributed by atoms with van der Waals surface area (Å²) >= 11 is 0. The van der Waals surface area contributed by atoms with Gasteiger partial charge in [0.15, 0.2) is 11.6 Å². The lowest BCUT2D eigenvalue weighted by molar-refractivity contribution is 0.645. The van der Waals surface area contributed by atoms with Crippen molar-refractivity contribution in [1.29, 1.82) is 0 Å². The zero-order chi connectivity index (χ0) is 34.8. The van der Waals surface area contributed by atoms with Gasteiger partial charge in [0.05, 0.1) is 30.4 Å². The van der Waals surface area contributed by atoms with Gasteiger partial charge >= 0.3 is 0 Å². The number of aromatic nitrogens is 5. The SMILES string of the molecule is [2H]c1c([2H])c([2H])c(-c2nc(-c3c([2H])c([2H])c([2H])c([2H])c3[2H])nc(-n3c4ccccc4c4cn5c(c43)C(C)(C)c3ccccc3-5)n2)c([2H])c1[2H]. The van der Waals surface area contributed by atoms with E-state index in [1.807, 2.05) is 41.0 Å². The average Bonchev–Trinajstić information content (AvgIpc) is 3.70. The zero-order valence-electron chi connectivity index (χ0n) is 30.9. The van der Waals surface area contributed by atoms with Gasteiger partial charge in [-0.25, -0.2) is 4.98 Å². The Morgan fingerprint density at radius 1 is 0.692 bits per heavy atom. The minimum atomic E-state index is -0.596. The van der Waals surface area contributed by atoms with E-state index in [2.05, 4.69) is 41.7 Å². The molecular formula is C34H25N5. The molecular weight excluding hydrogens is 478 g/mol. The molecule has 7 aromatic rings. The van der Waals surface area contributed by atoms with Gasteiger partial charge in [-0.3, -0.25) is 4.57 Å². The fourth-order valence-corrected chi connectivity index (χ4v) is 5.68. The highest BCUT2D eigenvalue weighted by molar-refractivity contribution is 6.11. The highest BCUT2D eigenvalue weighted by atomic mass is 15.2. The van der Waals surface area contributed by atoms with Gasteiger partial charge in [0, 0.05) is 39.2 Å². The predicted molar refractivity (Wildman–Crippen MR) is 156 cm³/mol. The van der Waals surface area contributed by atoms with Crippen LogP contribution in [0.15, 0.2) is 115 Å². The van der Waals surface area contributed by atoms with Crippen LogP contribution in [0.1, 0.15) is 38.8 Å². The molecule has 1 aliphatic rings. The van der Waals surface area contributed by atoms with Crippen molar-refractivity contribution in [3.63, 3.8) is 0 Å². The van der Waals surface area contributed by atoms with E-state index < -0.39 is 65.8 Å². The van der Waals surface area contributed by atoms with Gasteiger partial charge in [0.25, 0.3) is 0 Å². The maximum Gasteiger partial charge on any atom is 0.238 e. The van der Waals surface area contributed by atoms with Crippen molar-refractivity contribution in [1.82, 2.24) is 24.1 Å². The van der Waals surface area contributed by atoms with Crippen molar-refractivity contribution >= 4 is 21.8 Å². The van der Waals surface area contributed by atoms with Crippen LogP contribution in [0.3, 0.4) is 0 Å². The van der Waals surface area contributed by atoms with Crippen LogP contribution < -0.4 is 0 Å². The number of fused-ring (bicyclic) bond motifs is 7. The molecule has 0 spiro atoms. The number of nitrogens with zero attached hydrogens (tertiary/aromatic N) is 5. The van der Waals surface area contributed by atoms with Gasteiger partial charge in [-0.05, 0) is 17.7 Å². The summed E-state index contributed by atoms with van der Waals surface area (Å²) in [4.78, 5) is 13.9. The van der Waals surface area contributed by atoms with Crippen LogP contribution in [-0.4, -0.2) is 24.1 Å². The quantitative estimate of drug-likeness (QED) is 0.243. The normalized spacial score (nSPS) is 17.2. The molecule has 0 unspecified atom stereocenters. The number of hydrogen-bond donors (Lipinski definition) is 0. The molecule has 0 bridgehead atoms. The summed E-state index contributed by atoms with van der Waals surface area (Å²) in [6.07, 6.45) is 2.06. The molecule has 5 nitrogen and oxygen atoms in total. The van der Waals surface area contributed by atoms with Crippen LogP contribution in [0, 0.1) is 0 Å². The molecule has 0 saturated carbocycles. The van der Waals surface area contributed by atoms with Crippen LogP contribution in [0.5, 0.6) is 0 Å². The Labute approximate surface area is 240 Å². The maximum absolute atomic E-state index is 8.70. The first kappa shape index (κ1) is 14.2. The number of benzene rings is 4. The molecule has 4 aromatic carbocycles. The summed E-state index contributed by atoms with van der Waals surface area (Å²) in [5, 5.41) is 1.77. The Hall–Kier alpha value is -5.03. The average molecular weight is 514 g/mol. The summed E-state index contributed by atoms with van der Waals surface area (Å²) in [6, 6.07) is 9.93. The number of para-hydroxylation sites is 2. The van der Waals surface area contributed by atoms with Crippen molar-refractivity contribution in [3.8, 4) is 34.4 Å². The molecule has 0 fully saturated rings. The fourth-order valence-electron chi connectivity index (χ4n) is 5.68. The van der Waals surface area contributed by atoms with Crippen LogP contribution in [0.4, 0.5) is 0 Å². The van der Waals surface area contributed by atoms with Gasteiger partial charge in [-0.2, -0.15) is 9.97 Å². The van der Waals surface area contributed by atoms with Crippen LogP contribution in [0.2, 0.25) is 0 Å². The molecule has 0 amide bonds. The van der Waals surface area contributed by atoms with Gasteiger partial charge in [-0.1, -0.05) is 111 Å². The molecule has 1 aliphatic heterocycles. The molecule has 4 heterocycles. The van der Waals surface area contributed by atoms with Crippen molar-refractivity contribution in [2.75, 3.05) is 0 Å². The van der Waals surface area contributed by atoms with Gasteiger partial charge in [0.1, 0.15) is 0 Å². The standard InChI is InChI=1S/C34H25N5/c1-34(2)26-18-10-12-20-28(26)38-21-25-24-17-9-11-19-27(24)39(29(25)30(34)38)33-36-31(22-13-5-3-6-14-22)35-32(37-33)23-15-7-4-8-16-23/h3-21H,1-2H3/i3D,4D,5D,6D,7D,8D,13D,14D,15D,16D. The molecule has 0 atom stereocenters. The van der Waals surface area contributed by atoms with E-state index in [0.717, 1.165) is 33.2 Å². The van der Waals surface area contributed by atoms with Crippen LogP contribution >= 0.6 is 0 Å². The Morgan fingerprint density at radius 2 is 1.31 bits per heavy atom. The third-order valence-electron chi connectivity index (χ3n) is 7.34. The maximum atomic E-state index is 8.70. The third kappa shape index (κ3) is 3.10. The number of hydrogen-bond acceptors (Lipinski definition) is 3. The summed E-state index contributed by atoms with van der Waals surface area (Å²) < 4.78 is 88.2. The molecule has 0 N–H and O–H groups in total. The van der Waals surface area contributed by atoms with Gasteiger partial charge in [0.2, 0.25) is 5.95 Å². The Balaban J connectivity index is 1.54. The molecule has 8 rings (SSSR count). The first-order chi connectivity index (χ1) is 23.2. The van der Waals surface area contributed by atoms with Crippen LogP contribution in [-0.2, 0) is 5.41 Å². The Bertz CT molecular complexity index is 2460. The largest absolute Gasteiger partial charge is 0.317 e. The van der Waals surface area contributed by atoms with E-state index >= 15 is 0 Å². The van der Waals surface area contributed by atoms with Crippen molar-refractivity contribution in [2.45, 2.75) is 19.3 Å². The Kier molecular flexibility index (Phi) is 2.91. The topological polar surface area (TPSA) is 48.5 Å². The highest BCUT2D eigenvalue weighted by Crippen LogP contribution is 2.49. The van der Waals surface area contributed by atoms with E-state index in [-0.39, 0.29) is 28.7 Å². The minimum Gasteiger partial charge on any atom is -0.317 e. The summed E-state index contributed by atoms with van der Waals surface area (Å²) in [5.74, 6) is -0.646. The fraction of sp³-hybridized carbons (Fsp3) is 0.0882. The molecule has 39 heavy (non-hydrogen) atoms. The van der Waals surface area contributed by atoms with E-state index in [1.165, 1.54) is 0 Å². The summed E-state index contributed by atoms with van der Waals surface area (Å²) in [6.45, 7) is 4.24. The zero-order valence-corrected chi connectivity index (χ0v) is 20.9. The smallest absolute Gasteiger partial charge is 0.238 e. The van der Waals surface area contributed by atoms with Crippen molar-refractivity contribution in [2.24, 2.45) is 0 Å². The second-order valence-corrected chi connectivity index (χ2v) is 9.89. The van der Waals surface area contributed by atoms with Gasteiger partial charge in [-0.15, -0.1) is 0 Å². The molecule has 5 heteroatoms. The van der Waals surface area contributed by atoms with Crippen LogP contribution in [0.25, 0.3) is 56.2 Å². The summed E-state index contributed by atoms with van der Waals surface area (Å²) in [7, 11) is 0. The molecule has 0 radical (unpaired) electrons. The molecule has 186 valence electrons. The lowest BCUT2D eigenvalue weighted by atomic mass is 9.83. The first-order valence-corrected chi connectivity index (χ1v) is 12.4. The van der Waals surface area contributed by atoms with Crippen molar-refractivity contribution < 1.29 is 13.7 Å². The molecule has 0 saturated heterocycles. The van der Waals surface area contributed by atoms with E-state index in [1.54, 1.807) is 0 Å².